The second-order valence-corrected chi connectivity index (χ2v) is 9.57. The van der Waals surface area contributed by atoms with Gasteiger partial charge in [-0.25, -0.2) is 9.67 Å². The van der Waals surface area contributed by atoms with Crippen molar-refractivity contribution < 1.29 is 9.53 Å². The van der Waals surface area contributed by atoms with Crippen molar-refractivity contribution in [3.05, 3.63) is 12.7 Å². The largest absolute Gasteiger partial charge is 0.383 e. The fourth-order valence-corrected chi connectivity index (χ4v) is 6.92. The van der Waals surface area contributed by atoms with Crippen molar-refractivity contribution in [3.63, 3.8) is 0 Å². The predicted molar refractivity (Wildman–Crippen MR) is 100.0 cm³/mol. The number of nitrogens with one attached hydrogen (secondary N) is 1. The lowest BCUT2D eigenvalue weighted by Crippen LogP contribution is -2.66. The topological polar surface area (TPSA) is 72.3 Å². The molecule has 7 nitrogen and oxygen atoms in total. The van der Waals surface area contributed by atoms with Crippen LogP contribution in [0.2, 0.25) is 0 Å². The Bertz CT molecular complexity index is 677. The van der Waals surface area contributed by atoms with Gasteiger partial charge in [-0.05, 0) is 63.3 Å². The molecule has 0 unspecified atom stereocenters. The maximum atomic E-state index is 13.1. The van der Waals surface area contributed by atoms with Crippen molar-refractivity contribution in [1.29, 1.82) is 0 Å². The summed E-state index contributed by atoms with van der Waals surface area (Å²) in [6, 6.07) is 0. The monoisotopic (exact) mass is 373 g/mol. The zero-order valence-electron chi connectivity index (χ0n) is 16.3. The lowest BCUT2D eigenvalue weighted by Gasteiger charge is -2.62. The molecule has 6 rings (SSSR count). The standard InChI is InChI=1S/C20H31N5O2/c1-27-5-4-24-3-2-17(11-24)18(26)23-19-7-15-6-16(8-19)10-20(9-15,12-19)25-14-21-13-22-25/h13-17H,2-12H2,1H3,(H,23,26)/t15-,16-,17+,19?,20?/m0/s1. The van der Waals surface area contributed by atoms with Crippen LogP contribution in [0.4, 0.5) is 0 Å². The number of hydrogen-bond acceptors (Lipinski definition) is 5. The molecule has 5 aliphatic rings. The van der Waals surface area contributed by atoms with Gasteiger partial charge in [-0.2, -0.15) is 5.10 Å². The number of amides is 1. The molecule has 27 heavy (non-hydrogen) atoms. The number of carbonyl (C=O) groups excluding carboxylic acids is 1. The number of hydrogen-bond donors (Lipinski definition) is 1. The summed E-state index contributed by atoms with van der Waals surface area (Å²) in [5, 5.41) is 8.08. The van der Waals surface area contributed by atoms with Gasteiger partial charge in [-0.3, -0.25) is 4.79 Å². The Labute approximate surface area is 160 Å². The second-order valence-electron chi connectivity index (χ2n) is 9.57. The molecule has 0 spiro atoms. The van der Waals surface area contributed by atoms with Gasteiger partial charge in [0, 0.05) is 25.7 Å². The summed E-state index contributed by atoms with van der Waals surface area (Å²) in [4.78, 5) is 19.7. The van der Waals surface area contributed by atoms with E-state index in [2.05, 4.69) is 25.0 Å². The molecule has 0 radical (unpaired) electrons. The highest BCUT2D eigenvalue weighted by molar-refractivity contribution is 5.80. The summed E-state index contributed by atoms with van der Waals surface area (Å²) >= 11 is 0. The Morgan fingerprint density at radius 2 is 2.11 bits per heavy atom. The highest BCUT2D eigenvalue weighted by Gasteiger charge is 2.59. The number of aromatic nitrogens is 3. The van der Waals surface area contributed by atoms with Crippen LogP contribution >= 0.6 is 0 Å². The molecule has 4 bridgehead atoms. The van der Waals surface area contributed by atoms with E-state index in [0.29, 0.717) is 11.8 Å². The molecule has 1 aromatic rings. The first-order valence-corrected chi connectivity index (χ1v) is 10.5. The van der Waals surface area contributed by atoms with Crippen molar-refractivity contribution in [1.82, 2.24) is 25.0 Å². The van der Waals surface area contributed by atoms with Crippen molar-refractivity contribution in [2.45, 2.75) is 56.0 Å². The molecular formula is C20H31N5O2. The molecule has 1 N–H and O–H groups in total. The number of nitrogens with zero attached hydrogens (tertiary/aromatic N) is 4. The first kappa shape index (κ1) is 17.6. The maximum Gasteiger partial charge on any atom is 0.224 e. The summed E-state index contributed by atoms with van der Waals surface area (Å²) in [7, 11) is 1.73. The summed E-state index contributed by atoms with van der Waals surface area (Å²) in [5.74, 6) is 1.80. The molecule has 0 aromatic carbocycles. The van der Waals surface area contributed by atoms with Gasteiger partial charge in [-0.1, -0.05) is 0 Å². The molecule has 4 aliphatic carbocycles. The molecular weight excluding hydrogens is 342 g/mol. The van der Waals surface area contributed by atoms with Gasteiger partial charge in [0.05, 0.1) is 18.1 Å². The molecule has 3 atom stereocenters. The summed E-state index contributed by atoms with van der Waals surface area (Å²) in [6.45, 7) is 3.53. The van der Waals surface area contributed by atoms with E-state index in [1.54, 1.807) is 13.4 Å². The van der Waals surface area contributed by atoms with E-state index in [1.807, 2.05) is 6.33 Å². The van der Waals surface area contributed by atoms with E-state index in [-0.39, 0.29) is 22.9 Å². The van der Waals surface area contributed by atoms with Gasteiger partial charge < -0.3 is 15.0 Å². The molecule has 5 fully saturated rings. The Morgan fingerprint density at radius 3 is 2.81 bits per heavy atom. The van der Waals surface area contributed by atoms with Crippen LogP contribution in [0.25, 0.3) is 0 Å². The van der Waals surface area contributed by atoms with E-state index in [1.165, 1.54) is 19.3 Å². The van der Waals surface area contributed by atoms with Crippen LogP contribution in [0.15, 0.2) is 12.7 Å². The highest BCUT2D eigenvalue weighted by atomic mass is 16.5. The van der Waals surface area contributed by atoms with Crippen LogP contribution in [-0.4, -0.2) is 64.5 Å². The molecule has 1 aliphatic heterocycles. The minimum Gasteiger partial charge on any atom is -0.383 e. The van der Waals surface area contributed by atoms with Crippen LogP contribution < -0.4 is 5.32 Å². The van der Waals surface area contributed by atoms with Crippen LogP contribution in [0, 0.1) is 17.8 Å². The third kappa shape index (κ3) is 3.09. The smallest absolute Gasteiger partial charge is 0.224 e. The zero-order chi connectivity index (χ0) is 18.5. The number of likely N-dealkylation sites (tertiary alicyclic amines) is 1. The van der Waals surface area contributed by atoms with Crippen LogP contribution in [0.1, 0.15) is 44.9 Å². The fourth-order valence-electron chi connectivity index (χ4n) is 6.92. The normalized spacial score (nSPS) is 40.6. The van der Waals surface area contributed by atoms with E-state index >= 15 is 0 Å². The summed E-state index contributed by atoms with van der Waals surface area (Å²) < 4.78 is 7.29. The first-order valence-electron chi connectivity index (χ1n) is 10.5. The van der Waals surface area contributed by atoms with Gasteiger partial charge in [-0.15, -0.1) is 0 Å². The molecule has 1 aromatic heterocycles. The molecule has 4 saturated carbocycles. The van der Waals surface area contributed by atoms with Crippen molar-refractivity contribution >= 4 is 5.91 Å². The van der Waals surface area contributed by atoms with Crippen LogP contribution in [-0.2, 0) is 15.1 Å². The Hall–Kier alpha value is -1.47. The Balaban J connectivity index is 1.30. The van der Waals surface area contributed by atoms with Crippen LogP contribution in [0.5, 0.6) is 0 Å². The second kappa shape index (κ2) is 6.55. The van der Waals surface area contributed by atoms with Crippen molar-refractivity contribution in [2.75, 3.05) is 33.4 Å². The van der Waals surface area contributed by atoms with E-state index in [4.69, 9.17) is 4.74 Å². The van der Waals surface area contributed by atoms with Gasteiger partial charge in [0.2, 0.25) is 5.91 Å². The lowest BCUT2D eigenvalue weighted by atomic mass is 9.50. The summed E-state index contributed by atoms with van der Waals surface area (Å²) in [5.41, 5.74) is 0.0289. The van der Waals surface area contributed by atoms with Gasteiger partial charge in [0.1, 0.15) is 12.7 Å². The third-order valence-electron chi connectivity index (χ3n) is 7.58. The predicted octanol–water partition coefficient (Wildman–Crippen LogP) is 1.41. The average Bonchev–Trinajstić information content (AvgIpc) is 3.30. The summed E-state index contributed by atoms with van der Waals surface area (Å²) in [6.07, 6.45) is 11.5. The molecule has 2 heterocycles. The number of ether oxygens (including phenoxy) is 1. The molecule has 7 heteroatoms. The number of methoxy groups -OCH3 is 1. The minimum absolute atomic E-state index is 0.0347. The van der Waals surface area contributed by atoms with E-state index < -0.39 is 0 Å². The van der Waals surface area contributed by atoms with Crippen LogP contribution in [0.3, 0.4) is 0 Å². The van der Waals surface area contributed by atoms with E-state index in [9.17, 15) is 4.79 Å². The fraction of sp³-hybridized carbons (Fsp3) is 0.850. The van der Waals surface area contributed by atoms with E-state index in [0.717, 1.165) is 51.9 Å². The van der Waals surface area contributed by atoms with Gasteiger partial charge in [0.25, 0.3) is 0 Å². The Morgan fingerprint density at radius 1 is 1.30 bits per heavy atom. The molecule has 148 valence electrons. The molecule has 1 amide bonds. The first-order chi connectivity index (χ1) is 13.1. The number of rotatable bonds is 6. The average molecular weight is 374 g/mol. The lowest BCUT2D eigenvalue weighted by molar-refractivity contribution is -0.134. The van der Waals surface area contributed by atoms with Crippen molar-refractivity contribution in [3.8, 4) is 0 Å². The zero-order valence-corrected chi connectivity index (χ0v) is 16.3. The quantitative estimate of drug-likeness (QED) is 0.816. The molecule has 1 saturated heterocycles. The minimum atomic E-state index is -0.0347. The third-order valence-corrected chi connectivity index (χ3v) is 7.58. The number of carbonyl (C=O) groups is 1. The van der Waals surface area contributed by atoms with Gasteiger partial charge >= 0.3 is 0 Å². The van der Waals surface area contributed by atoms with Gasteiger partial charge in [0.15, 0.2) is 0 Å². The van der Waals surface area contributed by atoms with Crippen molar-refractivity contribution in [2.24, 2.45) is 17.8 Å². The SMILES string of the molecule is COCCN1CC[C@@H](C(=O)NC23C[C@@H]4C[C@@H](C2)CC(n2cncn2)(C4)C3)C1. The maximum absolute atomic E-state index is 13.1. The highest BCUT2D eigenvalue weighted by Crippen LogP contribution is 2.60. The Kier molecular flexibility index (Phi) is 4.27.